The number of anilines is 1. The predicted molar refractivity (Wildman–Crippen MR) is 150 cm³/mol. The van der Waals surface area contributed by atoms with Crippen LogP contribution >= 0.6 is 22.9 Å². The molecule has 2 aromatic heterocycles. The van der Waals surface area contributed by atoms with Crippen LogP contribution < -0.4 is 15.8 Å². The fraction of sp³-hybridized carbons (Fsp3) is 0.286. The molecule has 0 radical (unpaired) electrons. The molecular formula is C28H29ClN5O3S+. The summed E-state index contributed by atoms with van der Waals surface area (Å²) in [4.78, 5) is 48.0. The number of quaternary nitrogens is 1. The number of aromatic nitrogens is 2. The zero-order valence-electron chi connectivity index (χ0n) is 21.3. The first-order valence-electron chi connectivity index (χ1n) is 12.5. The van der Waals surface area contributed by atoms with Crippen molar-refractivity contribution < 1.29 is 14.5 Å². The van der Waals surface area contributed by atoms with E-state index in [1.54, 1.807) is 19.1 Å². The molecule has 1 fully saturated rings. The number of carbonyl (C=O) groups is 2. The number of aryl methyl sites for hydroxylation is 2. The van der Waals surface area contributed by atoms with E-state index in [-0.39, 0.29) is 23.9 Å². The maximum absolute atomic E-state index is 13.4. The van der Waals surface area contributed by atoms with Crippen molar-refractivity contribution in [2.24, 2.45) is 0 Å². The van der Waals surface area contributed by atoms with Gasteiger partial charge >= 0.3 is 0 Å². The molecule has 5 rings (SSSR count). The highest BCUT2D eigenvalue weighted by Gasteiger charge is 2.28. The van der Waals surface area contributed by atoms with Crippen LogP contribution in [0.3, 0.4) is 0 Å². The van der Waals surface area contributed by atoms with Gasteiger partial charge in [0.05, 0.1) is 42.8 Å². The highest BCUT2D eigenvalue weighted by molar-refractivity contribution is 7.20. The van der Waals surface area contributed by atoms with Gasteiger partial charge < -0.3 is 15.1 Å². The maximum atomic E-state index is 13.4. The summed E-state index contributed by atoms with van der Waals surface area (Å²) < 4.78 is 1.27. The fourth-order valence-electron chi connectivity index (χ4n) is 4.73. The highest BCUT2D eigenvalue weighted by Crippen LogP contribution is 2.28. The van der Waals surface area contributed by atoms with Crippen molar-refractivity contribution in [2.45, 2.75) is 26.9 Å². The van der Waals surface area contributed by atoms with Crippen molar-refractivity contribution >= 4 is 50.7 Å². The maximum Gasteiger partial charge on any atom is 0.264 e. The predicted octanol–water partition coefficient (Wildman–Crippen LogP) is 2.91. The Hall–Kier alpha value is -3.53. The van der Waals surface area contributed by atoms with Crippen LogP contribution in [0, 0.1) is 13.8 Å². The number of fused-ring (bicyclic) bond motifs is 1. The fourth-order valence-corrected chi connectivity index (χ4v) is 6.02. The number of rotatable bonds is 6. The Bertz CT molecular complexity index is 1560. The lowest BCUT2D eigenvalue weighted by Crippen LogP contribution is -3.13. The molecule has 0 aliphatic carbocycles. The van der Waals surface area contributed by atoms with Crippen LogP contribution in [0.25, 0.3) is 10.2 Å². The van der Waals surface area contributed by atoms with Crippen molar-refractivity contribution in [3.63, 3.8) is 0 Å². The highest BCUT2D eigenvalue weighted by atomic mass is 35.5. The Labute approximate surface area is 229 Å². The van der Waals surface area contributed by atoms with E-state index in [2.05, 4.69) is 22.4 Å². The third-order valence-corrected chi connectivity index (χ3v) is 8.53. The summed E-state index contributed by atoms with van der Waals surface area (Å²) in [5, 5.41) is 3.70. The monoisotopic (exact) mass is 550 g/mol. The van der Waals surface area contributed by atoms with Gasteiger partial charge in [0.15, 0.2) is 0 Å². The second-order valence-corrected chi connectivity index (χ2v) is 11.0. The van der Waals surface area contributed by atoms with Crippen molar-refractivity contribution in [2.75, 3.05) is 31.5 Å². The first-order chi connectivity index (χ1) is 18.3. The van der Waals surface area contributed by atoms with E-state index >= 15 is 0 Å². The molecule has 0 bridgehead atoms. The van der Waals surface area contributed by atoms with Crippen LogP contribution in [0.2, 0.25) is 5.02 Å². The minimum Gasteiger partial charge on any atom is -0.328 e. The van der Waals surface area contributed by atoms with Gasteiger partial charge in [-0.15, -0.1) is 11.3 Å². The van der Waals surface area contributed by atoms with E-state index in [1.165, 1.54) is 32.7 Å². The summed E-state index contributed by atoms with van der Waals surface area (Å²) in [6.07, 6.45) is 1.36. The largest absolute Gasteiger partial charge is 0.328 e. The molecule has 2 N–H and O–H groups in total. The number of carbonyl (C=O) groups excluding carboxylic acids is 2. The van der Waals surface area contributed by atoms with Crippen molar-refractivity contribution in [3.05, 3.63) is 91.8 Å². The number of benzene rings is 2. The number of piperazine rings is 1. The molecule has 1 saturated heterocycles. The molecule has 3 heterocycles. The molecule has 10 heteroatoms. The van der Waals surface area contributed by atoms with E-state index in [9.17, 15) is 14.4 Å². The van der Waals surface area contributed by atoms with Crippen LogP contribution in [0.5, 0.6) is 0 Å². The summed E-state index contributed by atoms with van der Waals surface area (Å²) in [5.41, 5.74) is 3.03. The molecule has 4 aromatic rings. The molecular weight excluding hydrogens is 522 g/mol. The van der Waals surface area contributed by atoms with Gasteiger partial charge in [-0.05, 0) is 37.1 Å². The smallest absolute Gasteiger partial charge is 0.264 e. The molecule has 0 atom stereocenters. The Morgan fingerprint density at radius 3 is 2.55 bits per heavy atom. The average molecular weight is 551 g/mol. The summed E-state index contributed by atoms with van der Waals surface area (Å²) in [6.45, 7) is 7.48. The van der Waals surface area contributed by atoms with Gasteiger partial charge in [-0.1, -0.05) is 48.0 Å². The summed E-state index contributed by atoms with van der Waals surface area (Å²) in [6, 6.07) is 15.6. The summed E-state index contributed by atoms with van der Waals surface area (Å²) in [5.74, 6) is -0.433. The van der Waals surface area contributed by atoms with Crippen LogP contribution in [0.4, 0.5) is 5.69 Å². The lowest BCUT2D eigenvalue weighted by Gasteiger charge is -2.32. The van der Waals surface area contributed by atoms with Crippen LogP contribution in [0.1, 0.15) is 26.4 Å². The van der Waals surface area contributed by atoms with Crippen LogP contribution in [-0.2, 0) is 17.9 Å². The Morgan fingerprint density at radius 1 is 1.11 bits per heavy atom. The molecule has 0 saturated carbocycles. The second kappa shape index (κ2) is 11.1. The van der Waals surface area contributed by atoms with Crippen molar-refractivity contribution in [1.82, 2.24) is 14.5 Å². The van der Waals surface area contributed by atoms with Crippen molar-refractivity contribution in [3.8, 4) is 0 Å². The molecule has 1 aliphatic heterocycles. The first kappa shape index (κ1) is 26.1. The van der Waals surface area contributed by atoms with Gasteiger partial charge in [-0.3, -0.25) is 19.0 Å². The van der Waals surface area contributed by atoms with Gasteiger partial charge in [0.25, 0.3) is 11.5 Å². The zero-order valence-corrected chi connectivity index (χ0v) is 22.9. The Kier molecular flexibility index (Phi) is 7.60. The number of hydrogen-bond donors (Lipinski definition) is 2. The number of hydrogen-bond acceptors (Lipinski definition) is 5. The summed E-state index contributed by atoms with van der Waals surface area (Å²) in [7, 11) is 0. The molecule has 2 amide bonds. The third kappa shape index (κ3) is 5.50. The van der Waals surface area contributed by atoms with E-state index in [1.807, 2.05) is 36.1 Å². The van der Waals surface area contributed by atoms with E-state index < -0.39 is 0 Å². The van der Waals surface area contributed by atoms with E-state index in [0.717, 1.165) is 25.2 Å². The molecule has 2 aromatic carbocycles. The average Bonchev–Trinajstić information content (AvgIpc) is 3.25. The molecule has 38 heavy (non-hydrogen) atoms. The number of nitrogens with one attached hydrogen (secondary N) is 2. The Balaban J connectivity index is 1.28. The number of amides is 2. The third-order valence-electron chi connectivity index (χ3n) is 6.94. The lowest BCUT2D eigenvalue weighted by atomic mass is 10.1. The number of halogens is 1. The van der Waals surface area contributed by atoms with E-state index in [4.69, 9.17) is 11.6 Å². The SMILES string of the molecule is Cc1ccc(NC(=O)Cn2cnc3sc(C(=O)N4CC[NH+](Cc5ccccc5)CC4)c(C)c3c2=O)cc1Cl. The standard InChI is InChI=1S/C28H28ClN5O3S/c1-18-8-9-21(14-22(18)29)31-23(35)16-34-17-30-26-24(27(34)36)19(2)25(38-26)28(37)33-12-10-32(11-13-33)15-20-6-4-3-5-7-20/h3-9,14,17H,10-13,15-16H2,1-2H3,(H,31,35)/p+1. The topological polar surface area (TPSA) is 88.7 Å². The first-order valence-corrected chi connectivity index (χ1v) is 13.7. The van der Waals surface area contributed by atoms with E-state index in [0.29, 0.717) is 44.5 Å². The number of thiophene rings is 1. The summed E-state index contributed by atoms with van der Waals surface area (Å²) >= 11 is 7.38. The molecule has 196 valence electrons. The minimum absolute atomic E-state index is 0.0656. The van der Waals surface area contributed by atoms with Crippen molar-refractivity contribution in [1.29, 1.82) is 0 Å². The van der Waals surface area contributed by atoms with Gasteiger partial charge in [0, 0.05) is 16.3 Å². The van der Waals surface area contributed by atoms with Gasteiger partial charge in [0.1, 0.15) is 17.9 Å². The quantitative estimate of drug-likeness (QED) is 0.386. The lowest BCUT2D eigenvalue weighted by molar-refractivity contribution is -0.917. The second-order valence-electron chi connectivity index (χ2n) is 9.63. The minimum atomic E-state index is -0.367. The Morgan fingerprint density at radius 2 is 1.84 bits per heavy atom. The van der Waals surface area contributed by atoms with Gasteiger partial charge in [-0.25, -0.2) is 4.98 Å². The zero-order chi connectivity index (χ0) is 26.8. The molecule has 8 nitrogen and oxygen atoms in total. The normalized spacial score (nSPS) is 14.1. The van der Waals surface area contributed by atoms with Gasteiger partial charge in [-0.2, -0.15) is 0 Å². The van der Waals surface area contributed by atoms with Crippen LogP contribution in [-0.4, -0.2) is 52.4 Å². The molecule has 0 unspecified atom stereocenters. The van der Waals surface area contributed by atoms with Crippen LogP contribution in [0.15, 0.2) is 59.7 Å². The van der Waals surface area contributed by atoms with Gasteiger partial charge in [0.2, 0.25) is 5.91 Å². The number of nitrogens with zero attached hydrogens (tertiary/aromatic N) is 3. The molecule has 1 aliphatic rings. The molecule has 0 spiro atoms.